The average Bonchev–Trinajstić information content (AvgIpc) is 2.32. The van der Waals surface area contributed by atoms with E-state index >= 15 is 0 Å². The first kappa shape index (κ1) is 14.3. The minimum atomic E-state index is -0.450. The van der Waals surface area contributed by atoms with E-state index in [0.29, 0.717) is 5.71 Å². The van der Waals surface area contributed by atoms with Crippen LogP contribution in [-0.2, 0) is 5.41 Å². The fraction of sp³-hybridized carbons (Fsp3) is 0.385. The van der Waals surface area contributed by atoms with E-state index in [4.69, 9.17) is 15.8 Å². The Labute approximate surface area is 96.9 Å². The highest BCUT2D eigenvalue weighted by molar-refractivity contribution is 5.96. The van der Waals surface area contributed by atoms with Gasteiger partial charge >= 0.3 is 0 Å². The standard InChI is InChI=1S/C12H14N2.CH4O/c1-9(14)10-4-6-11(7-5-10)12(2,3)8-13;1-2/h4-7,14H,1-3H3;2H,1H3. The summed E-state index contributed by atoms with van der Waals surface area (Å²) in [7, 11) is 1.00. The van der Waals surface area contributed by atoms with Crippen LogP contribution in [0.4, 0.5) is 0 Å². The number of aliphatic hydroxyl groups excluding tert-OH is 1. The highest BCUT2D eigenvalue weighted by Crippen LogP contribution is 2.22. The summed E-state index contributed by atoms with van der Waals surface area (Å²) in [6.45, 7) is 5.53. The number of hydrogen-bond donors (Lipinski definition) is 2. The molecular formula is C13H18N2O. The van der Waals surface area contributed by atoms with E-state index < -0.39 is 5.41 Å². The van der Waals surface area contributed by atoms with Crippen molar-refractivity contribution < 1.29 is 5.11 Å². The maximum Gasteiger partial charge on any atom is 0.0766 e. The van der Waals surface area contributed by atoms with E-state index in [0.717, 1.165) is 18.2 Å². The van der Waals surface area contributed by atoms with Crippen LogP contribution in [0.2, 0.25) is 0 Å². The van der Waals surface area contributed by atoms with Crippen LogP contribution in [0.15, 0.2) is 24.3 Å². The third-order valence-electron chi connectivity index (χ3n) is 2.32. The first-order valence-electron chi connectivity index (χ1n) is 4.99. The summed E-state index contributed by atoms with van der Waals surface area (Å²) in [4.78, 5) is 0. The van der Waals surface area contributed by atoms with Gasteiger partial charge in [0.2, 0.25) is 0 Å². The van der Waals surface area contributed by atoms with Crippen LogP contribution in [0.3, 0.4) is 0 Å². The molecular weight excluding hydrogens is 200 g/mol. The molecule has 86 valence electrons. The van der Waals surface area contributed by atoms with Crippen molar-refractivity contribution in [1.29, 1.82) is 10.7 Å². The second-order valence-electron chi connectivity index (χ2n) is 3.94. The Balaban J connectivity index is 0.00000106. The Kier molecular flexibility index (Phi) is 5.41. The molecule has 0 spiro atoms. The zero-order chi connectivity index (χ0) is 12.8. The number of hydrogen-bond acceptors (Lipinski definition) is 3. The molecule has 0 aromatic heterocycles. The fourth-order valence-electron chi connectivity index (χ4n) is 1.20. The Bertz CT molecular complexity index is 385. The molecule has 0 fully saturated rings. The average molecular weight is 218 g/mol. The quantitative estimate of drug-likeness (QED) is 0.749. The molecule has 0 saturated carbocycles. The van der Waals surface area contributed by atoms with Crippen LogP contribution < -0.4 is 0 Å². The fourth-order valence-corrected chi connectivity index (χ4v) is 1.20. The van der Waals surface area contributed by atoms with Gasteiger partial charge in [-0.15, -0.1) is 0 Å². The molecule has 3 nitrogen and oxygen atoms in total. The lowest BCUT2D eigenvalue weighted by Crippen LogP contribution is -2.13. The van der Waals surface area contributed by atoms with E-state index in [-0.39, 0.29) is 0 Å². The van der Waals surface area contributed by atoms with Crippen LogP contribution >= 0.6 is 0 Å². The Morgan fingerprint density at radius 2 is 1.69 bits per heavy atom. The van der Waals surface area contributed by atoms with Gasteiger partial charge in [0, 0.05) is 12.8 Å². The number of nitrogens with one attached hydrogen (secondary N) is 1. The van der Waals surface area contributed by atoms with E-state index in [1.165, 1.54) is 0 Å². The first-order chi connectivity index (χ1) is 7.47. The number of nitriles is 1. The zero-order valence-electron chi connectivity index (χ0n) is 10.2. The Morgan fingerprint density at radius 1 is 1.25 bits per heavy atom. The lowest BCUT2D eigenvalue weighted by atomic mass is 9.86. The van der Waals surface area contributed by atoms with Crippen molar-refractivity contribution in [3.8, 4) is 6.07 Å². The first-order valence-corrected chi connectivity index (χ1v) is 4.99. The normalized spacial score (nSPS) is 9.75. The minimum Gasteiger partial charge on any atom is -0.400 e. The van der Waals surface area contributed by atoms with Crippen molar-refractivity contribution in [3.63, 3.8) is 0 Å². The summed E-state index contributed by atoms with van der Waals surface area (Å²) in [5.74, 6) is 0. The van der Waals surface area contributed by atoms with Gasteiger partial charge in [-0.25, -0.2) is 0 Å². The zero-order valence-corrected chi connectivity index (χ0v) is 10.2. The van der Waals surface area contributed by atoms with Crippen LogP contribution in [0.25, 0.3) is 0 Å². The topological polar surface area (TPSA) is 67.9 Å². The molecule has 0 radical (unpaired) electrons. The van der Waals surface area contributed by atoms with Gasteiger partial charge in [-0.2, -0.15) is 5.26 Å². The highest BCUT2D eigenvalue weighted by Gasteiger charge is 2.18. The SMILES string of the molecule is CC(=N)c1ccc(C(C)(C)C#N)cc1.CO. The maximum atomic E-state index is 8.93. The molecule has 1 rings (SSSR count). The van der Waals surface area contributed by atoms with Crippen molar-refractivity contribution in [3.05, 3.63) is 35.4 Å². The second kappa shape index (κ2) is 6.04. The number of benzene rings is 1. The molecule has 0 unspecified atom stereocenters. The minimum absolute atomic E-state index is 0.450. The van der Waals surface area contributed by atoms with Crippen LogP contribution in [0.5, 0.6) is 0 Å². The molecule has 1 aromatic carbocycles. The van der Waals surface area contributed by atoms with Crippen LogP contribution in [0.1, 0.15) is 31.9 Å². The van der Waals surface area contributed by atoms with Crippen LogP contribution in [-0.4, -0.2) is 17.9 Å². The number of rotatable bonds is 2. The summed E-state index contributed by atoms with van der Waals surface area (Å²) in [5, 5.41) is 23.4. The van der Waals surface area contributed by atoms with Gasteiger partial charge in [0.05, 0.1) is 11.5 Å². The summed E-state index contributed by atoms with van der Waals surface area (Å²) in [6, 6.07) is 9.85. The van der Waals surface area contributed by atoms with Gasteiger partial charge in [-0.1, -0.05) is 24.3 Å². The predicted molar refractivity (Wildman–Crippen MR) is 65.7 cm³/mol. The third-order valence-corrected chi connectivity index (χ3v) is 2.32. The Morgan fingerprint density at radius 3 is 2.00 bits per heavy atom. The smallest absolute Gasteiger partial charge is 0.0766 e. The summed E-state index contributed by atoms with van der Waals surface area (Å²) >= 11 is 0. The highest BCUT2D eigenvalue weighted by atomic mass is 16.2. The van der Waals surface area contributed by atoms with E-state index in [1.807, 2.05) is 38.1 Å². The lowest BCUT2D eigenvalue weighted by molar-refractivity contribution is 0.399. The van der Waals surface area contributed by atoms with Gasteiger partial charge in [0.1, 0.15) is 0 Å². The van der Waals surface area contributed by atoms with E-state index in [9.17, 15) is 0 Å². The lowest BCUT2D eigenvalue weighted by Gasteiger charge is -2.15. The van der Waals surface area contributed by atoms with Gasteiger partial charge in [-0.3, -0.25) is 0 Å². The molecule has 3 heteroatoms. The third kappa shape index (κ3) is 3.48. The van der Waals surface area contributed by atoms with Crippen LogP contribution in [0, 0.1) is 16.7 Å². The van der Waals surface area contributed by atoms with Gasteiger partial charge in [-0.05, 0) is 31.9 Å². The Hall–Kier alpha value is -1.66. The molecule has 0 aliphatic rings. The van der Waals surface area contributed by atoms with Crippen molar-refractivity contribution in [2.45, 2.75) is 26.2 Å². The molecule has 1 aromatic rings. The number of nitrogens with zero attached hydrogens (tertiary/aromatic N) is 1. The van der Waals surface area contributed by atoms with Gasteiger partial charge in [0.25, 0.3) is 0 Å². The molecule has 0 atom stereocenters. The molecule has 16 heavy (non-hydrogen) atoms. The molecule has 0 heterocycles. The van der Waals surface area contributed by atoms with E-state index in [2.05, 4.69) is 6.07 Å². The monoisotopic (exact) mass is 218 g/mol. The molecule has 0 amide bonds. The second-order valence-corrected chi connectivity index (χ2v) is 3.94. The van der Waals surface area contributed by atoms with Crippen molar-refractivity contribution in [2.75, 3.05) is 7.11 Å². The molecule has 0 aliphatic heterocycles. The largest absolute Gasteiger partial charge is 0.400 e. The number of aliphatic hydroxyl groups is 1. The molecule has 0 bridgehead atoms. The molecule has 0 saturated heterocycles. The molecule has 0 aliphatic carbocycles. The van der Waals surface area contributed by atoms with Crippen molar-refractivity contribution >= 4 is 5.71 Å². The maximum absolute atomic E-state index is 8.93. The summed E-state index contributed by atoms with van der Waals surface area (Å²) in [6.07, 6.45) is 0. The van der Waals surface area contributed by atoms with Crippen molar-refractivity contribution in [1.82, 2.24) is 0 Å². The summed E-state index contributed by atoms with van der Waals surface area (Å²) in [5.41, 5.74) is 1.99. The van der Waals surface area contributed by atoms with Gasteiger partial charge in [0.15, 0.2) is 0 Å². The predicted octanol–water partition coefficient (Wildman–Crippen LogP) is 2.48. The summed E-state index contributed by atoms with van der Waals surface area (Å²) < 4.78 is 0. The van der Waals surface area contributed by atoms with E-state index in [1.54, 1.807) is 6.92 Å². The molecule has 2 N–H and O–H groups in total. The van der Waals surface area contributed by atoms with Gasteiger partial charge < -0.3 is 10.5 Å². The van der Waals surface area contributed by atoms with Crippen molar-refractivity contribution in [2.24, 2.45) is 0 Å².